The third-order valence-corrected chi connectivity index (χ3v) is 3.13. The van der Waals surface area contributed by atoms with Crippen LogP contribution in [0.2, 0.25) is 0 Å². The lowest BCUT2D eigenvalue weighted by Crippen LogP contribution is -2.02. The minimum Gasteiger partial charge on any atom is -0.481 e. The molecule has 0 atom stereocenters. The van der Waals surface area contributed by atoms with E-state index < -0.39 is 0 Å². The number of hydrogen-bond acceptors (Lipinski definition) is 6. The molecule has 0 aliphatic carbocycles. The van der Waals surface area contributed by atoms with E-state index in [0.29, 0.717) is 12.4 Å². The van der Waals surface area contributed by atoms with Crippen LogP contribution in [0.25, 0.3) is 0 Å². The van der Waals surface area contributed by atoms with E-state index in [2.05, 4.69) is 26.6 Å². The van der Waals surface area contributed by atoms with Crippen molar-refractivity contribution in [1.82, 2.24) is 14.3 Å². The van der Waals surface area contributed by atoms with Crippen LogP contribution in [0, 0.1) is 0 Å². The van der Waals surface area contributed by atoms with Gasteiger partial charge in [0.1, 0.15) is 5.82 Å². The Morgan fingerprint density at radius 1 is 1.44 bits per heavy atom. The van der Waals surface area contributed by atoms with Gasteiger partial charge in [-0.25, -0.2) is 9.97 Å². The summed E-state index contributed by atoms with van der Waals surface area (Å²) < 4.78 is 9.48. The normalized spacial score (nSPS) is 10.3. The van der Waals surface area contributed by atoms with Gasteiger partial charge in [-0.1, -0.05) is 13.0 Å². The van der Waals surface area contributed by atoms with Crippen molar-refractivity contribution in [3.8, 4) is 5.88 Å². The van der Waals surface area contributed by atoms with E-state index in [-0.39, 0.29) is 0 Å². The highest BCUT2D eigenvalue weighted by atomic mass is 32.1. The zero-order valence-corrected chi connectivity index (χ0v) is 11.3. The Kier molecular flexibility index (Phi) is 4.46. The molecule has 96 valence electrons. The summed E-state index contributed by atoms with van der Waals surface area (Å²) in [5, 5.41) is 4.08. The van der Waals surface area contributed by atoms with E-state index in [1.807, 2.05) is 12.1 Å². The second kappa shape index (κ2) is 6.30. The average molecular weight is 264 g/mol. The first kappa shape index (κ1) is 12.8. The predicted molar refractivity (Wildman–Crippen MR) is 72.0 cm³/mol. The monoisotopic (exact) mass is 264 g/mol. The van der Waals surface area contributed by atoms with E-state index in [1.165, 1.54) is 11.5 Å². The van der Waals surface area contributed by atoms with Crippen LogP contribution in [-0.2, 0) is 13.0 Å². The van der Waals surface area contributed by atoms with Crippen molar-refractivity contribution >= 4 is 16.7 Å². The van der Waals surface area contributed by atoms with E-state index in [9.17, 15) is 0 Å². The smallest absolute Gasteiger partial charge is 0.218 e. The zero-order valence-electron chi connectivity index (χ0n) is 10.5. The standard InChI is InChI=1S/C12H16N4OS/c1-3-5-10-15-12(18-16-10)14-8-9-6-4-7-13-11(9)17-2/h4,6-7H,3,5,8H2,1-2H3,(H,14,15,16). The molecular weight excluding hydrogens is 248 g/mol. The SMILES string of the molecule is CCCc1nsc(NCc2cccnc2OC)n1. The van der Waals surface area contributed by atoms with Gasteiger partial charge in [0.25, 0.3) is 0 Å². The number of hydrogen-bond donors (Lipinski definition) is 1. The summed E-state index contributed by atoms with van der Waals surface area (Å²) in [6, 6.07) is 3.87. The molecule has 0 aliphatic rings. The minimum atomic E-state index is 0.637. The van der Waals surface area contributed by atoms with Crippen molar-refractivity contribution in [2.24, 2.45) is 0 Å². The lowest BCUT2D eigenvalue weighted by atomic mass is 10.3. The highest BCUT2D eigenvalue weighted by molar-refractivity contribution is 7.09. The quantitative estimate of drug-likeness (QED) is 0.868. The van der Waals surface area contributed by atoms with Gasteiger partial charge in [-0.15, -0.1) is 0 Å². The molecule has 0 saturated heterocycles. The molecule has 18 heavy (non-hydrogen) atoms. The lowest BCUT2D eigenvalue weighted by molar-refractivity contribution is 0.393. The Balaban J connectivity index is 1.97. The van der Waals surface area contributed by atoms with Crippen molar-refractivity contribution in [2.75, 3.05) is 12.4 Å². The first-order valence-electron chi connectivity index (χ1n) is 5.87. The van der Waals surface area contributed by atoms with Gasteiger partial charge in [-0.2, -0.15) is 4.37 Å². The minimum absolute atomic E-state index is 0.637. The molecule has 5 nitrogen and oxygen atoms in total. The Labute approximate surface area is 110 Å². The molecule has 2 aromatic rings. The van der Waals surface area contributed by atoms with Crippen molar-refractivity contribution < 1.29 is 4.74 Å². The second-order valence-corrected chi connectivity index (χ2v) is 4.54. The van der Waals surface area contributed by atoms with E-state index in [1.54, 1.807) is 13.3 Å². The molecule has 2 rings (SSSR count). The molecule has 0 radical (unpaired) electrons. The van der Waals surface area contributed by atoms with Gasteiger partial charge in [-0.3, -0.25) is 0 Å². The zero-order chi connectivity index (χ0) is 12.8. The summed E-state index contributed by atoms with van der Waals surface area (Å²) in [5.74, 6) is 1.55. The van der Waals surface area contributed by atoms with Crippen LogP contribution >= 0.6 is 11.5 Å². The third kappa shape index (κ3) is 3.16. The number of rotatable bonds is 6. The summed E-state index contributed by atoms with van der Waals surface area (Å²) in [6.45, 7) is 2.76. The summed E-state index contributed by atoms with van der Waals surface area (Å²) in [7, 11) is 1.62. The van der Waals surface area contributed by atoms with E-state index in [4.69, 9.17) is 4.74 Å². The topological polar surface area (TPSA) is 59.9 Å². The highest BCUT2D eigenvalue weighted by Crippen LogP contribution is 2.17. The Morgan fingerprint density at radius 2 is 2.33 bits per heavy atom. The number of nitrogens with zero attached hydrogens (tertiary/aromatic N) is 3. The number of aryl methyl sites for hydroxylation is 1. The molecule has 0 amide bonds. The Hall–Kier alpha value is -1.69. The first-order valence-corrected chi connectivity index (χ1v) is 6.65. The van der Waals surface area contributed by atoms with Crippen LogP contribution in [0.1, 0.15) is 24.7 Å². The van der Waals surface area contributed by atoms with Crippen LogP contribution in [0.15, 0.2) is 18.3 Å². The Morgan fingerprint density at radius 3 is 3.11 bits per heavy atom. The fraction of sp³-hybridized carbons (Fsp3) is 0.417. The molecule has 0 bridgehead atoms. The van der Waals surface area contributed by atoms with Gasteiger partial charge in [0.15, 0.2) is 0 Å². The number of ether oxygens (including phenoxy) is 1. The molecular formula is C12H16N4OS. The molecule has 0 spiro atoms. The fourth-order valence-corrected chi connectivity index (χ4v) is 2.17. The number of pyridine rings is 1. The van der Waals surface area contributed by atoms with Gasteiger partial charge >= 0.3 is 0 Å². The Bertz CT molecular complexity index is 500. The summed E-state index contributed by atoms with van der Waals surface area (Å²) in [5.41, 5.74) is 1.01. The van der Waals surface area contributed by atoms with E-state index in [0.717, 1.165) is 29.4 Å². The molecule has 0 aliphatic heterocycles. The maximum atomic E-state index is 5.19. The van der Waals surface area contributed by atoms with Gasteiger partial charge in [0.2, 0.25) is 11.0 Å². The predicted octanol–water partition coefficient (Wildman–Crippen LogP) is 2.51. The highest BCUT2D eigenvalue weighted by Gasteiger charge is 2.06. The number of anilines is 1. The summed E-state index contributed by atoms with van der Waals surface area (Å²) in [4.78, 5) is 8.55. The largest absolute Gasteiger partial charge is 0.481 e. The molecule has 0 aromatic carbocycles. The molecule has 0 fully saturated rings. The molecule has 2 aromatic heterocycles. The molecule has 1 N–H and O–H groups in total. The maximum Gasteiger partial charge on any atom is 0.218 e. The average Bonchev–Trinajstić information content (AvgIpc) is 2.85. The van der Waals surface area contributed by atoms with Crippen LogP contribution in [-0.4, -0.2) is 21.5 Å². The third-order valence-electron chi connectivity index (χ3n) is 2.42. The van der Waals surface area contributed by atoms with Crippen molar-refractivity contribution in [2.45, 2.75) is 26.3 Å². The molecule has 0 unspecified atom stereocenters. The maximum absolute atomic E-state index is 5.19. The van der Waals surface area contributed by atoms with Crippen molar-refractivity contribution in [3.05, 3.63) is 29.7 Å². The molecule has 6 heteroatoms. The van der Waals surface area contributed by atoms with E-state index >= 15 is 0 Å². The fourth-order valence-electron chi connectivity index (χ4n) is 1.56. The summed E-state index contributed by atoms with van der Waals surface area (Å²) in [6.07, 6.45) is 3.70. The number of methoxy groups -OCH3 is 1. The lowest BCUT2D eigenvalue weighted by Gasteiger charge is -2.06. The molecule has 2 heterocycles. The number of aromatic nitrogens is 3. The second-order valence-electron chi connectivity index (χ2n) is 3.79. The van der Waals surface area contributed by atoms with Crippen LogP contribution in [0.3, 0.4) is 0 Å². The van der Waals surface area contributed by atoms with Crippen molar-refractivity contribution in [1.29, 1.82) is 0 Å². The summed E-state index contributed by atoms with van der Waals surface area (Å²) >= 11 is 1.39. The van der Waals surface area contributed by atoms with Crippen LogP contribution in [0.4, 0.5) is 5.13 Å². The van der Waals surface area contributed by atoms with Crippen LogP contribution in [0.5, 0.6) is 5.88 Å². The first-order chi connectivity index (χ1) is 8.83. The van der Waals surface area contributed by atoms with Gasteiger partial charge in [-0.05, 0) is 12.5 Å². The number of nitrogens with one attached hydrogen (secondary N) is 1. The van der Waals surface area contributed by atoms with Gasteiger partial charge in [0.05, 0.1) is 7.11 Å². The van der Waals surface area contributed by atoms with Crippen molar-refractivity contribution in [3.63, 3.8) is 0 Å². The van der Waals surface area contributed by atoms with Gasteiger partial charge < -0.3 is 10.1 Å². The van der Waals surface area contributed by atoms with Gasteiger partial charge in [0, 0.05) is 36.3 Å². The van der Waals surface area contributed by atoms with Crippen LogP contribution < -0.4 is 10.1 Å². The molecule has 0 saturated carbocycles.